The molecular formula is C18H24N4O3. The van der Waals surface area contributed by atoms with Gasteiger partial charge in [0.2, 0.25) is 0 Å². The molecule has 1 unspecified atom stereocenters. The summed E-state index contributed by atoms with van der Waals surface area (Å²) in [6.45, 7) is 7.75. The van der Waals surface area contributed by atoms with Crippen LogP contribution >= 0.6 is 0 Å². The number of nitrogens with zero attached hydrogens (tertiary/aromatic N) is 2. The fourth-order valence-corrected chi connectivity index (χ4v) is 2.51. The van der Waals surface area contributed by atoms with E-state index in [0.29, 0.717) is 5.56 Å². The van der Waals surface area contributed by atoms with Crippen molar-refractivity contribution in [2.24, 2.45) is 0 Å². The van der Waals surface area contributed by atoms with Gasteiger partial charge in [-0.25, -0.2) is 9.48 Å². The zero-order chi connectivity index (χ0) is 18.7. The lowest BCUT2D eigenvalue weighted by Crippen LogP contribution is -2.35. The molecule has 0 spiro atoms. The van der Waals surface area contributed by atoms with Gasteiger partial charge in [-0.2, -0.15) is 5.10 Å². The molecule has 25 heavy (non-hydrogen) atoms. The van der Waals surface area contributed by atoms with Gasteiger partial charge in [-0.1, -0.05) is 18.2 Å². The lowest BCUT2D eigenvalue weighted by molar-refractivity contribution is -0.143. The van der Waals surface area contributed by atoms with Gasteiger partial charge in [0.1, 0.15) is 11.4 Å². The fourth-order valence-electron chi connectivity index (χ4n) is 2.51. The molecule has 0 saturated heterocycles. The van der Waals surface area contributed by atoms with Crippen molar-refractivity contribution in [1.82, 2.24) is 15.1 Å². The van der Waals surface area contributed by atoms with Crippen LogP contribution in [0.3, 0.4) is 0 Å². The molecule has 1 amide bonds. The van der Waals surface area contributed by atoms with Crippen LogP contribution < -0.4 is 11.1 Å². The van der Waals surface area contributed by atoms with Gasteiger partial charge in [-0.15, -0.1) is 0 Å². The molecule has 7 nitrogen and oxygen atoms in total. The van der Waals surface area contributed by atoms with Crippen LogP contribution in [-0.2, 0) is 9.53 Å². The van der Waals surface area contributed by atoms with Crippen molar-refractivity contribution in [2.75, 3.05) is 12.8 Å². The summed E-state index contributed by atoms with van der Waals surface area (Å²) >= 11 is 0. The number of anilines is 1. The second-order valence-corrected chi connectivity index (χ2v) is 6.26. The van der Waals surface area contributed by atoms with E-state index in [9.17, 15) is 9.59 Å². The average Bonchev–Trinajstić information content (AvgIpc) is 2.96. The second kappa shape index (κ2) is 7.38. The standard InChI is InChI=1S/C18H24N4O3/c1-10(2)22-16(19)14(9-20-22)17(23)21-15(18(24)25-5)13-7-6-11(3)12(4)8-13/h6-10,15H,19H2,1-5H3,(H,21,23). The summed E-state index contributed by atoms with van der Waals surface area (Å²) in [7, 11) is 1.29. The van der Waals surface area contributed by atoms with E-state index in [2.05, 4.69) is 10.4 Å². The number of ether oxygens (including phenoxy) is 1. The Hall–Kier alpha value is -2.83. The van der Waals surface area contributed by atoms with Gasteiger partial charge < -0.3 is 15.8 Å². The number of aromatic nitrogens is 2. The molecule has 2 rings (SSSR count). The van der Waals surface area contributed by atoms with Crippen LogP contribution in [0.15, 0.2) is 24.4 Å². The van der Waals surface area contributed by atoms with Gasteiger partial charge in [0.05, 0.1) is 13.3 Å². The summed E-state index contributed by atoms with van der Waals surface area (Å²) in [5, 5.41) is 6.81. The Morgan fingerprint density at radius 3 is 2.44 bits per heavy atom. The Morgan fingerprint density at radius 2 is 1.92 bits per heavy atom. The number of aryl methyl sites for hydroxylation is 2. The Kier molecular flexibility index (Phi) is 5.46. The Morgan fingerprint density at radius 1 is 1.24 bits per heavy atom. The van der Waals surface area contributed by atoms with E-state index in [1.54, 1.807) is 10.7 Å². The van der Waals surface area contributed by atoms with Gasteiger partial charge in [-0.3, -0.25) is 4.79 Å². The first-order chi connectivity index (χ1) is 11.8. The van der Waals surface area contributed by atoms with Crippen LogP contribution in [0.1, 0.15) is 53.0 Å². The predicted molar refractivity (Wildman–Crippen MR) is 95.2 cm³/mol. The van der Waals surface area contributed by atoms with E-state index in [0.717, 1.165) is 11.1 Å². The maximum Gasteiger partial charge on any atom is 0.333 e. The minimum Gasteiger partial charge on any atom is -0.467 e. The quantitative estimate of drug-likeness (QED) is 0.811. The number of hydrogen-bond acceptors (Lipinski definition) is 5. The molecule has 0 saturated carbocycles. The van der Waals surface area contributed by atoms with Gasteiger partial charge in [-0.05, 0) is 44.4 Å². The molecule has 0 radical (unpaired) electrons. The molecule has 1 aromatic carbocycles. The number of carbonyl (C=O) groups is 2. The van der Waals surface area contributed by atoms with Crippen molar-refractivity contribution < 1.29 is 14.3 Å². The molecule has 0 aliphatic rings. The van der Waals surface area contributed by atoms with Gasteiger partial charge in [0.25, 0.3) is 5.91 Å². The van der Waals surface area contributed by atoms with Gasteiger partial charge in [0.15, 0.2) is 6.04 Å². The third kappa shape index (κ3) is 3.81. The first-order valence-corrected chi connectivity index (χ1v) is 8.05. The van der Waals surface area contributed by atoms with Crippen LogP contribution in [-0.4, -0.2) is 28.8 Å². The minimum atomic E-state index is -0.918. The van der Waals surface area contributed by atoms with Crippen molar-refractivity contribution in [3.8, 4) is 0 Å². The van der Waals surface area contributed by atoms with Crippen LogP contribution in [0.4, 0.5) is 5.82 Å². The van der Waals surface area contributed by atoms with Crippen LogP contribution in [0.25, 0.3) is 0 Å². The number of rotatable bonds is 5. The smallest absolute Gasteiger partial charge is 0.333 e. The molecule has 7 heteroatoms. The lowest BCUT2D eigenvalue weighted by atomic mass is 10.0. The molecule has 1 aromatic heterocycles. The van der Waals surface area contributed by atoms with Crippen molar-refractivity contribution in [3.63, 3.8) is 0 Å². The molecule has 1 heterocycles. The molecule has 0 bridgehead atoms. The Labute approximate surface area is 147 Å². The van der Waals surface area contributed by atoms with Crippen molar-refractivity contribution in [1.29, 1.82) is 0 Å². The van der Waals surface area contributed by atoms with E-state index in [-0.39, 0.29) is 17.4 Å². The number of amides is 1. The number of nitrogens with two attached hydrogens (primary N) is 1. The number of methoxy groups -OCH3 is 1. The molecule has 0 fully saturated rings. The third-order valence-corrected chi connectivity index (χ3v) is 4.14. The largest absolute Gasteiger partial charge is 0.467 e. The molecule has 0 aliphatic carbocycles. The topological polar surface area (TPSA) is 99.2 Å². The number of nitrogen functional groups attached to an aromatic ring is 1. The zero-order valence-electron chi connectivity index (χ0n) is 15.2. The minimum absolute atomic E-state index is 0.0257. The first kappa shape index (κ1) is 18.5. The molecular weight excluding hydrogens is 320 g/mol. The summed E-state index contributed by atoms with van der Waals surface area (Å²) in [5.41, 5.74) is 8.99. The lowest BCUT2D eigenvalue weighted by Gasteiger charge is -2.18. The third-order valence-electron chi connectivity index (χ3n) is 4.14. The normalized spacial score (nSPS) is 12.1. The highest BCUT2D eigenvalue weighted by atomic mass is 16.5. The highest BCUT2D eigenvalue weighted by Crippen LogP contribution is 2.21. The maximum absolute atomic E-state index is 12.6. The number of hydrogen-bond donors (Lipinski definition) is 2. The molecule has 1 atom stereocenters. The van der Waals surface area contributed by atoms with Crippen molar-refractivity contribution in [2.45, 2.75) is 39.8 Å². The van der Waals surface area contributed by atoms with Crippen molar-refractivity contribution in [3.05, 3.63) is 46.6 Å². The zero-order valence-corrected chi connectivity index (χ0v) is 15.2. The van der Waals surface area contributed by atoms with E-state index >= 15 is 0 Å². The van der Waals surface area contributed by atoms with Gasteiger partial charge >= 0.3 is 5.97 Å². The Balaban J connectivity index is 2.32. The summed E-state index contributed by atoms with van der Waals surface area (Å²) in [6.07, 6.45) is 1.40. The average molecular weight is 344 g/mol. The molecule has 0 aliphatic heterocycles. The van der Waals surface area contributed by atoms with E-state index in [1.165, 1.54) is 13.3 Å². The number of carbonyl (C=O) groups excluding carboxylic acids is 2. The SMILES string of the molecule is COC(=O)C(NC(=O)c1cnn(C(C)C)c1N)c1ccc(C)c(C)c1. The molecule has 3 N–H and O–H groups in total. The Bertz CT molecular complexity index is 796. The summed E-state index contributed by atoms with van der Waals surface area (Å²) in [5.74, 6) is -0.763. The van der Waals surface area contributed by atoms with E-state index in [1.807, 2.05) is 39.8 Å². The summed E-state index contributed by atoms with van der Waals surface area (Å²) in [6, 6.07) is 4.66. The predicted octanol–water partition coefficient (Wildman–Crippen LogP) is 2.31. The van der Waals surface area contributed by atoms with Gasteiger partial charge in [0, 0.05) is 6.04 Å². The maximum atomic E-state index is 12.6. The number of benzene rings is 1. The summed E-state index contributed by atoms with van der Waals surface area (Å²) < 4.78 is 6.40. The fraction of sp³-hybridized carbons (Fsp3) is 0.389. The van der Waals surface area contributed by atoms with Crippen LogP contribution in [0.2, 0.25) is 0 Å². The van der Waals surface area contributed by atoms with E-state index < -0.39 is 17.9 Å². The first-order valence-electron chi connectivity index (χ1n) is 8.05. The highest BCUT2D eigenvalue weighted by molar-refractivity contribution is 6.00. The molecule has 134 valence electrons. The highest BCUT2D eigenvalue weighted by Gasteiger charge is 2.26. The monoisotopic (exact) mass is 344 g/mol. The summed E-state index contributed by atoms with van der Waals surface area (Å²) in [4.78, 5) is 24.8. The van der Waals surface area contributed by atoms with Crippen LogP contribution in [0.5, 0.6) is 0 Å². The van der Waals surface area contributed by atoms with Crippen LogP contribution in [0, 0.1) is 13.8 Å². The molecule has 2 aromatic rings. The second-order valence-electron chi connectivity index (χ2n) is 6.26. The number of nitrogens with one attached hydrogen (secondary N) is 1. The van der Waals surface area contributed by atoms with E-state index in [4.69, 9.17) is 10.5 Å². The van der Waals surface area contributed by atoms with Crippen molar-refractivity contribution >= 4 is 17.7 Å². The number of esters is 1.